The quantitative estimate of drug-likeness (QED) is 0.194. The van der Waals surface area contributed by atoms with Crippen LogP contribution in [0.25, 0.3) is 0 Å². The third kappa shape index (κ3) is 3.61. The van der Waals surface area contributed by atoms with Crippen molar-refractivity contribution in [1.82, 2.24) is 0 Å². The molecule has 4 radical (unpaired) electrons. The van der Waals surface area contributed by atoms with E-state index < -0.39 is 64.4 Å². The van der Waals surface area contributed by atoms with Crippen LogP contribution in [0.3, 0.4) is 0 Å². The van der Waals surface area contributed by atoms with Gasteiger partial charge in [0.1, 0.15) is 0 Å². The standard InChI is InChI=1S/C20H54S3Si8/c1-26(2,3)19(27(4,5)6,28(7,8)9)22-21-23(24-22,25-22)20(29(10,11)12,30(13,14)15)31(16,17)18/h1-18H3. The van der Waals surface area contributed by atoms with E-state index in [0.29, 0.717) is 0 Å². The number of rotatable bonds is 8. The minimum absolute atomic E-state index is 0.432. The summed E-state index contributed by atoms with van der Waals surface area (Å²) in [6, 6.07) is 0. The van der Waals surface area contributed by atoms with Crippen LogP contribution in [0.15, 0.2) is 0 Å². The van der Waals surface area contributed by atoms with Gasteiger partial charge in [0, 0.05) is 0 Å². The van der Waals surface area contributed by atoms with Gasteiger partial charge >= 0.3 is 0 Å². The second-order valence-electron chi connectivity index (χ2n) is 16.2. The molecular formula is C20H54S3Si8. The molecule has 184 valence electrons. The van der Waals surface area contributed by atoms with E-state index in [1.54, 1.807) is 0 Å². The zero-order chi connectivity index (χ0) is 25.1. The average molecular weight is 616 g/mol. The Bertz CT molecular complexity index is 575. The van der Waals surface area contributed by atoms with Gasteiger partial charge in [0.25, 0.3) is 0 Å². The molecule has 3 aliphatic rings. The monoisotopic (exact) mass is 614 g/mol. The van der Waals surface area contributed by atoms with E-state index in [0.717, 1.165) is 7.23 Å². The third-order valence-electron chi connectivity index (χ3n) is 7.87. The van der Waals surface area contributed by atoms with Gasteiger partial charge in [-0.05, 0) is 7.23 Å². The van der Waals surface area contributed by atoms with Crippen molar-refractivity contribution in [3.8, 4) is 0 Å². The molecule has 0 N–H and O–H groups in total. The highest BCUT2D eigenvalue weighted by atomic mass is 33.9. The highest BCUT2D eigenvalue weighted by Gasteiger charge is 2.86. The molecular weight excluding hydrogens is 561 g/mol. The van der Waals surface area contributed by atoms with Crippen molar-refractivity contribution in [2.45, 2.75) is 125 Å². The third-order valence-corrected chi connectivity index (χ3v) is 122. The van der Waals surface area contributed by atoms with Crippen molar-refractivity contribution in [1.29, 1.82) is 0 Å². The molecule has 0 aromatic carbocycles. The molecule has 0 saturated carbocycles. The van der Waals surface area contributed by atoms with Crippen molar-refractivity contribution in [3.63, 3.8) is 0 Å². The molecule has 0 atom stereocenters. The van der Waals surface area contributed by atoms with Gasteiger partial charge in [0.05, 0.1) is 48.4 Å². The fourth-order valence-electron chi connectivity index (χ4n) is 10.2. The van der Waals surface area contributed by atoms with Crippen LogP contribution in [0, 0.1) is 0 Å². The number of hydrogen-bond donors (Lipinski definition) is 0. The maximum absolute atomic E-state index is 2.83. The largest absolute Gasteiger partial charge is 0.197 e. The second-order valence-corrected chi connectivity index (χ2v) is 78.8. The van der Waals surface area contributed by atoms with E-state index >= 15 is 0 Å². The lowest BCUT2D eigenvalue weighted by atomic mass is 11.6. The zero-order valence-corrected chi connectivity index (χ0v) is 34.7. The lowest BCUT2D eigenvalue weighted by molar-refractivity contribution is 1.28. The van der Waals surface area contributed by atoms with Crippen molar-refractivity contribution in [2.24, 2.45) is 0 Å². The molecule has 0 aromatic heterocycles. The average Bonchev–Trinajstić information content (AvgIpc) is 2.22. The van der Waals surface area contributed by atoms with Crippen LogP contribution in [-0.2, 0) is 0 Å². The molecule has 3 rings (SSSR count). The van der Waals surface area contributed by atoms with Gasteiger partial charge < -0.3 is 0 Å². The van der Waals surface area contributed by atoms with Gasteiger partial charge in [-0.15, -0.1) is 0 Å². The Balaban J connectivity index is 2.77. The Kier molecular flexibility index (Phi) is 7.41. The zero-order valence-electron chi connectivity index (χ0n) is 24.2. The van der Waals surface area contributed by atoms with Crippen LogP contribution >= 0.6 is 25.7 Å². The minimum Gasteiger partial charge on any atom is -0.197 e. The second kappa shape index (κ2) is 7.65. The van der Waals surface area contributed by atoms with Crippen LogP contribution < -0.4 is 0 Å². The summed E-state index contributed by atoms with van der Waals surface area (Å²) in [7, 11) is -3.01. The first kappa shape index (κ1) is 30.0. The summed E-state index contributed by atoms with van der Waals surface area (Å²) in [5, 5.41) is 0. The van der Waals surface area contributed by atoms with Crippen LogP contribution in [0.5, 0.6) is 0 Å². The van der Waals surface area contributed by atoms with E-state index in [-0.39, 0.29) is 0 Å². The molecule has 0 amide bonds. The van der Waals surface area contributed by atoms with Gasteiger partial charge in [-0.3, -0.25) is 0 Å². The summed E-state index contributed by atoms with van der Waals surface area (Å²) in [4.78, 5) is 0. The molecule has 0 aliphatic carbocycles. The molecule has 11 heteroatoms. The van der Waals surface area contributed by atoms with Crippen molar-refractivity contribution < 1.29 is 0 Å². The molecule has 0 nitrogen and oxygen atoms in total. The highest BCUT2D eigenvalue weighted by Crippen LogP contribution is 3.11. The predicted molar refractivity (Wildman–Crippen MR) is 180 cm³/mol. The molecule has 0 unspecified atom stereocenters. The Hall–Kier alpha value is 2.79. The van der Waals surface area contributed by atoms with Crippen molar-refractivity contribution in [3.05, 3.63) is 0 Å². The summed E-state index contributed by atoms with van der Waals surface area (Å²) >= 11 is 0. The maximum Gasteiger partial charge on any atom is 0.175 e. The first-order valence-corrected chi connectivity index (χ1v) is 43.1. The van der Waals surface area contributed by atoms with Crippen molar-refractivity contribution in [2.75, 3.05) is 0 Å². The van der Waals surface area contributed by atoms with E-state index in [1.165, 1.54) is 15.6 Å². The smallest absolute Gasteiger partial charge is 0.175 e. The van der Waals surface area contributed by atoms with Crippen LogP contribution in [0.1, 0.15) is 0 Å². The van der Waals surface area contributed by atoms with E-state index in [9.17, 15) is 0 Å². The summed E-state index contributed by atoms with van der Waals surface area (Å²) in [5.74, 6) is 0. The fraction of sp³-hybridized carbons (Fsp3) is 1.00. The fourth-order valence-corrected chi connectivity index (χ4v) is 212. The summed E-state index contributed by atoms with van der Waals surface area (Å²) in [5.41, 5.74) is 0. The molecule has 2 bridgehead atoms. The van der Waals surface area contributed by atoms with Crippen LogP contribution in [-0.4, -0.2) is 71.3 Å². The molecule has 3 fully saturated rings. The topological polar surface area (TPSA) is 0 Å². The van der Waals surface area contributed by atoms with E-state index in [1.807, 2.05) is 0 Å². The van der Waals surface area contributed by atoms with Crippen LogP contribution in [0.4, 0.5) is 0 Å². The Morgan fingerprint density at radius 1 is 0.387 bits per heavy atom. The lowest BCUT2D eigenvalue weighted by Gasteiger charge is -2.92. The normalized spacial score (nSPS) is 33.0. The van der Waals surface area contributed by atoms with Gasteiger partial charge in [-0.1, -0.05) is 128 Å². The molecule has 0 aromatic rings. The van der Waals surface area contributed by atoms with Gasteiger partial charge in [-0.2, -0.15) is 15.9 Å². The molecule has 3 saturated heterocycles. The Labute approximate surface area is 213 Å². The molecule has 3 heterocycles. The van der Waals surface area contributed by atoms with E-state index in [2.05, 4.69) is 128 Å². The van der Waals surface area contributed by atoms with Gasteiger partial charge in [0.2, 0.25) is 0 Å². The maximum atomic E-state index is 2.83. The molecule has 0 spiro atoms. The van der Waals surface area contributed by atoms with Crippen molar-refractivity contribution >= 4 is 89.8 Å². The van der Waals surface area contributed by atoms with Gasteiger partial charge in [-0.25, -0.2) is 0 Å². The summed E-state index contributed by atoms with van der Waals surface area (Å²) in [6.45, 7) is 50.4. The van der Waals surface area contributed by atoms with E-state index in [4.69, 9.17) is 0 Å². The Morgan fingerprint density at radius 3 is 0.613 bits per heavy atom. The first-order valence-electron chi connectivity index (χ1n) is 12.1. The Morgan fingerprint density at radius 2 is 0.516 bits per heavy atom. The lowest BCUT2D eigenvalue weighted by Crippen LogP contribution is -2.88. The minimum atomic E-state index is -1.30. The SMILES string of the molecule is C[Si](C)(C)C([Si](C)(C)C)([Si](C)(C)C)S12[Si]S(C([Si](C)(C)C)([Si](C)(C)C)[Si](C)(C)C)([Si]1)S2. The summed E-state index contributed by atoms with van der Waals surface area (Å²) in [6.07, 6.45) is 0. The highest BCUT2D eigenvalue weighted by molar-refractivity contribution is 9.71. The predicted octanol–water partition coefficient (Wildman–Crippen LogP) is 9.00. The number of hydrogen-bond acceptors (Lipinski definition) is 1. The van der Waals surface area contributed by atoms with Gasteiger partial charge in [0.15, 0.2) is 15.6 Å². The summed E-state index contributed by atoms with van der Waals surface area (Å²) < 4.78 is 1.67. The molecule has 3 aliphatic heterocycles. The first-order chi connectivity index (χ1) is 13.1. The van der Waals surface area contributed by atoms with Crippen LogP contribution in [0.2, 0.25) is 118 Å². The molecule has 31 heavy (non-hydrogen) atoms.